The van der Waals surface area contributed by atoms with E-state index in [2.05, 4.69) is 10.6 Å². The van der Waals surface area contributed by atoms with E-state index in [1.807, 2.05) is 0 Å². The highest BCUT2D eigenvalue weighted by molar-refractivity contribution is 5.90. The summed E-state index contributed by atoms with van der Waals surface area (Å²) in [5, 5.41) is 5.07. The van der Waals surface area contributed by atoms with Crippen molar-refractivity contribution in [3.05, 3.63) is 0 Å². The number of ether oxygens (including phenoxy) is 3. The van der Waals surface area contributed by atoms with Crippen LogP contribution in [0, 0.1) is 5.92 Å². The second kappa shape index (κ2) is 12.2. The van der Waals surface area contributed by atoms with E-state index in [0.29, 0.717) is 0 Å². The average molecular weight is 402 g/mol. The Kier molecular flexibility index (Phi) is 11.2. The first-order valence-corrected chi connectivity index (χ1v) is 9.53. The first-order valence-electron chi connectivity index (χ1n) is 9.53. The summed E-state index contributed by atoms with van der Waals surface area (Å²) in [5.74, 6) is -1.96. The summed E-state index contributed by atoms with van der Waals surface area (Å²) in [4.78, 5) is 48.4. The van der Waals surface area contributed by atoms with Gasteiger partial charge in [0, 0.05) is 6.42 Å². The van der Waals surface area contributed by atoms with Crippen LogP contribution in [0.15, 0.2) is 0 Å². The van der Waals surface area contributed by atoms with Gasteiger partial charge in [0.05, 0.1) is 13.2 Å². The van der Waals surface area contributed by atoms with Crippen LogP contribution in [0.25, 0.3) is 0 Å². The Morgan fingerprint density at radius 2 is 1.50 bits per heavy atom. The lowest BCUT2D eigenvalue weighted by Crippen LogP contribution is -2.54. The fraction of sp³-hybridized carbons (Fsp3) is 0.789. The second-order valence-corrected chi connectivity index (χ2v) is 7.52. The lowest BCUT2D eigenvalue weighted by atomic mass is 10.0. The molecule has 2 atom stereocenters. The Morgan fingerprint density at radius 3 is 1.96 bits per heavy atom. The van der Waals surface area contributed by atoms with Gasteiger partial charge in [0.1, 0.15) is 17.7 Å². The number of amides is 2. The number of hydrogen-bond donors (Lipinski definition) is 2. The van der Waals surface area contributed by atoms with Gasteiger partial charge in [-0.1, -0.05) is 13.8 Å². The van der Waals surface area contributed by atoms with E-state index >= 15 is 0 Å². The van der Waals surface area contributed by atoms with Crippen molar-refractivity contribution in [2.45, 2.75) is 79.0 Å². The molecule has 0 aliphatic rings. The molecule has 2 N–H and O–H groups in total. The van der Waals surface area contributed by atoms with Crippen molar-refractivity contribution >= 4 is 23.9 Å². The number of esters is 2. The summed E-state index contributed by atoms with van der Waals surface area (Å²) in [6, 6.07) is -1.95. The summed E-state index contributed by atoms with van der Waals surface area (Å²) in [6.07, 6.45) is -0.759. The summed E-state index contributed by atoms with van der Waals surface area (Å²) >= 11 is 0. The Labute approximate surface area is 166 Å². The van der Waals surface area contributed by atoms with Crippen LogP contribution in [0.5, 0.6) is 0 Å². The molecule has 0 aromatic carbocycles. The Morgan fingerprint density at radius 1 is 0.929 bits per heavy atom. The summed E-state index contributed by atoms with van der Waals surface area (Å²) in [5.41, 5.74) is -0.713. The van der Waals surface area contributed by atoms with E-state index in [-0.39, 0.29) is 32.0 Å². The Hall–Kier alpha value is -2.32. The van der Waals surface area contributed by atoms with Gasteiger partial charge in [0.15, 0.2) is 0 Å². The Balaban J connectivity index is 5.11. The largest absolute Gasteiger partial charge is 0.466 e. The van der Waals surface area contributed by atoms with Gasteiger partial charge in [-0.15, -0.1) is 0 Å². The molecule has 28 heavy (non-hydrogen) atoms. The number of carbonyl (C=O) groups excluding carboxylic acids is 4. The number of alkyl carbamates (subject to hydrolysis) is 1. The predicted molar refractivity (Wildman–Crippen MR) is 102 cm³/mol. The second-order valence-electron chi connectivity index (χ2n) is 7.52. The molecule has 0 saturated carbocycles. The summed E-state index contributed by atoms with van der Waals surface area (Å²) in [7, 11) is 0. The molecule has 162 valence electrons. The van der Waals surface area contributed by atoms with Gasteiger partial charge in [-0.25, -0.2) is 9.59 Å². The molecule has 9 heteroatoms. The fourth-order valence-electron chi connectivity index (χ4n) is 2.22. The minimum absolute atomic E-state index is 0.0284. The van der Waals surface area contributed by atoms with Gasteiger partial charge in [0.2, 0.25) is 5.91 Å². The molecule has 0 rings (SSSR count). The van der Waals surface area contributed by atoms with Crippen molar-refractivity contribution in [2.75, 3.05) is 13.2 Å². The number of hydrogen-bond acceptors (Lipinski definition) is 7. The number of nitrogens with one attached hydrogen (secondary N) is 2. The molecular formula is C19H34N2O7. The van der Waals surface area contributed by atoms with Crippen LogP contribution in [0.1, 0.15) is 61.3 Å². The van der Waals surface area contributed by atoms with Gasteiger partial charge >= 0.3 is 18.0 Å². The van der Waals surface area contributed by atoms with Crippen molar-refractivity contribution in [1.29, 1.82) is 0 Å². The molecule has 0 bridgehead atoms. The number of rotatable bonds is 10. The zero-order chi connectivity index (χ0) is 21.9. The van der Waals surface area contributed by atoms with Crippen LogP contribution in [0.3, 0.4) is 0 Å². The maximum absolute atomic E-state index is 12.7. The van der Waals surface area contributed by atoms with Gasteiger partial charge in [-0.05, 0) is 47.0 Å². The number of carbonyl (C=O) groups is 4. The van der Waals surface area contributed by atoms with E-state index in [0.717, 1.165) is 0 Å². The maximum Gasteiger partial charge on any atom is 0.408 e. The SMILES string of the molecule is CCOC(=O)CC[C@H](NC(=O)[C@H](NC(=O)OC(C)(C)C)C(C)C)C(=O)OCC. The molecular weight excluding hydrogens is 368 g/mol. The summed E-state index contributed by atoms with van der Waals surface area (Å²) in [6.45, 7) is 12.3. The highest BCUT2D eigenvalue weighted by Gasteiger charge is 2.31. The fourth-order valence-corrected chi connectivity index (χ4v) is 2.22. The zero-order valence-corrected chi connectivity index (χ0v) is 17.9. The molecule has 0 aromatic heterocycles. The van der Waals surface area contributed by atoms with Crippen molar-refractivity contribution in [3.8, 4) is 0 Å². The molecule has 0 aliphatic carbocycles. The highest BCUT2D eigenvalue weighted by atomic mass is 16.6. The van der Waals surface area contributed by atoms with E-state index in [9.17, 15) is 19.2 Å². The molecule has 0 aromatic rings. The quantitative estimate of drug-likeness (QED) is 0.423. The average Bonchev–Trinajstić information content (AvgIpc) is 2.54. The van der Waals surface area contributed by atoms with Crippen LogP contribution < -0.4 is 10.6 Å². The molecule has 0 aliphatic heterocycles. The monoisotopic (exact) mass is 402 g/mol. The minimum atomic E-state index is -1.03. The van der Waals surface area contributed by atoms with E-state index in [1.54, 1.807) is 48.5 Å². The maximum atomic E-state index is 12.7. The molecule has 0 spiro atoms. The Bertz CT molecular complexity index is 541. The van der Waals surface area contributed by atoms with Gasteiger partial charge in [-0.3, -0.25) is 9.59 Å². The van der Waals surface area contributed by atoms with Crippen molar-refractivity contribution < 1.29 is 33.4 Å². The van der Waals surface area contributed by atoms with E-state index < -0.39 is 41.6 Å². The highest BCUT2D eigenvalue weighted by Crippen LogP contribution is 2.10. The van der Waals surface area contributed by atoms with Crippen LogP contribution in [-0.4, -0.2) is 54.8 Å². The van der Waals surface area contributed by atoms with Crippen LogP contribution in [-0.2, 0) is 28.6 Å². The first-order chi connectivity index (χ1) is 12.9. The third kappa shape index (κ3) is 10.7. The van der Waals surface area contributed by atoms with E-state index in [1.165, 1.54) is 0 Å². The normalized spacial score (nSPS) is 13.3. The molecule has 0 unspecified atom stereocenters. The van der Waals surface area contributed by atoms with Gasteiger partial charge in [-0.2, -0.15) is 0 Å². The van der Waals surface area contributed by atoms with E-state index in [4.69, 9.17) is 14.2 Å². The van der Waals surface area contributed by atoms with Crippen LogP contribution in [0.4, 0.5) is 4.79 Å². The standard InChI is InChI=1S/C19H34N2O7/c1-8-26-14(22)11-10-13(17(24)27-9-2)20-16(23)15(12(3)4)21-18(25)28-19(5,6)7/h12-13,15H,8-11H2,1-7H3,(H,20,23)(H,21,25)/t13-,15+/m0/s1. The smallest absolute Gasteiger partial charge is 0.408 e. The van der Waals surface area contributed by atoms with Gasteiger partial charge < -0.3 is 24.8 Å². The van der Waals surface area contributed by atoms with Crippen LogP contribution in [0.2, 0.25) is 0 Å². The minimum Gasteiger partial charge on any atom is -0.466 e. The van der Waals surface area contributed by atoms with Gasteiger partial charge in [0.25, 0.3) is 0 Å². The van der Waals surface area contributed by atoms with Crippen LogP contribution >= 0.6 is 0 Å². The van der Waals surface area contributed by atoms with Crippen molar-refractivity contribution in [2.24, 2.45) is 5.92 Å². The topological polar surface area (TPSA) is 120 Å². The molecule has 2 amide bonds. The molecule has 0 radical (unpaired) electrons. The first kappa shape index (κ1) is 25.7. The third-order valence-corrected chi connectivity index (χ3v) is 3.45. The lowest BCUT2D eigenvalue weighted by molar-refractivity contribution is -0.149. The summed E-state index contributed by atoms with van der Waals surface area (Å²) < 4.78 is 15.0. The van der Waals surface area contributed by atoms with Crippen molar-refractivity contribution in [1.82, 2.24) is 10.6 Å². The zero-order valence-electron chi connectivity index (χ0n) is 17.9. The molecule has 9 nitrogen and oxygen atoms in total. The molecule has 0 heterocycles. The van der Waals surface area contributed by atoms with Crippen molar-refractivity contribution in [3.63, 3.8) is 0 Å². The predicted octanol–water partition coefficient (Wildman–Crippen LogP) is 1.93. The third-order valence-electron chi connectivity index (χ3n) is 3.45. The lowest BCUT2D eigenvalue weighted by Gasteiger charge is -2.26. The molecule has 0 fully saturated rings. The molecule has 0 saturated heterocycles.